The lowest BCUT2D eigenvalue weighted by Crippen LogP contribution is -2.40. The van der Waals surface area contributed by atoms with Crippen molar-refractivity contribution in [2.75, 3.05) is 44.4 Å². The predicted molar refractivity (Wildman–Crippen MR) is 156 cm³/mol. The van der Waals surface area contributed by atoms with E-state index < -0.39 is 61.8 Å². The van der Waals surface area contributed by atoms with Crippen LogP contribution in [0.15, 0.2) is 0 Å². The second kappa shape index (κ2) is 16.4. The van der Waals surface area contributed by atoms with Gasteiger partial charge in [0.25, 0.3) is 11.8 Å². The molecule has 1 aromatic carbocycles. The third kappa shape index (κ3) is 9.44. The van der Waals surface area contributed by atoms with Crippen LogP contribution in [0, 0.1) is 10.7 Å². The van der Waals surface area contributed by atoms with E-state index in [9.17, 15) is 34.5 Å². The summed E-state index contributed by atoms with van der Waals surface area (Å²) in [5.74, 6) is -2.70. The number of aliphatic hydroxyl groups excluding tert-OH is 5. The third-order valence-electron chi connectivity index (χ3n) is 4.74. The van der Waals surface area contributed by atoms with Gasteiger partial charge in [0.15, 0.2) is 0 Å². The number of nitrogens with one attached hydrogen (secondary N) is 2. The lowest BCUT2D eigenvalue weighted by atomic mass is 10.1. The molecule has 13 nitrogen and oxygen atoms in total. The molecule has 0 bridgehead atoms. The topological polar surface area (TPSA) is 206 Å². The number of benzene rings is 1. The molecule has 7 N–H and O–H groups in total. The molecule has 0 aliphatic carbocycles. The summed E-state index contributed by atoms with van der Waals surface area (Å²) in [5, 5.41) is 51.5. The minimum atomic E-state index is -1.23. The van der Waals surface area contributed by atoms with E-state index in [0.717, 1.165) is 18.7 Å². The van der Waals surface area contributed by atoms with Gasteiger partial charge in [-0.15, -0.1) is 0 Å². The highest BCUT2D eigenvalue weighted by Crippen LogP contribution is 2.38. The molecule has 0 aromatic heterocycles. The van der Waals surface area contributed by atoms with E-state index in [1.54, 1.807) is 67.8 Å². The van der Waals surface area contributed by atoms with Crippen molar-refractivity contribution in [3.05, 3.63) is 21.8 Å². The Morgan fingerprint density at radius 2 is 1.24 bits per heavy atom. The molecule has 3 atom stereocenters. The van der Waals surface area contributed by atoms with Crippen molar-refractivity contribution in [2.24, 2.45) is 0 Å². The Hall–Kier alpha value is -0.750. The lowest BCUT2D eigenvalue weighted by Gasteiger charge is -2.25. The molecule has 1 rings (SSSR count). The van der Waals surface area contributed by atoms with Crippen LogP contribution in [0.5, 0.6) is 0 Å². The van der Waals surface area contributed by atoms with Gasteiger partial charge in [0.2, 0.25) is 11.8 Å². The number of rotatable bonds is 13. The fourth-order valence-corrected chi connectivity index (χ4v) is 7.55. The van der Waals surface area contributed by atoms with Gasteiger partial charge in [0.1, 0.15) is 6.10 Å². The van der Waals surface area contributed by atoms with Gasteiger partial charge in [-0.25, -0.2) is 4.90 Å². The zero-order valence-electron chi connectivity index (χ0n) is 19.8. The van der Waals surface area contributed by atoms with Crippen LogP contribution in [0.3, 0.4) is 0 Å². The number of amides is 4. The molecule has 37 heavy (non-hydrogen) atoms. The molecule has 208 valence electrons. The first kappa shape index (κ1) is 34.3. The van der Waals surface area contributed by atoms with E-state index in [-0.39, 0.29) is 47.2 Å². The number of hydrogen-bond acceptors (Lipinski definition) is 10. The highest BCUT2D eigenvalue weighted by molar-refractivity contribution is 14.1. The average molecular weight is 863 g/mol. The van der Waals surface area contributed by atoms with Gasteiger partial charge >= 0.3 is 0 Å². The average Bonchev–Trinajstić information content (AvgIpc) is 2.84. The monoisotopic (exact) mass is 863 g/mol. The predicted octanol–water partition coefficient (Wildman–Crippen LogP) is -1.06. The van der Waals surface area contributed by atoms with E-state index >= 15 is 0 Å². The van der Waals surface area contributed by atoms with Crippen LogP contribution in [0.1, 0.15) is 34.6 Å². The minimum absolute atomic E-state index is 0.0240. The first-order valence-corrected chi connectivity index (χ1v) is 13.9. The number of carbonyl (C=O) groups is 4. The van der Waals surface area contributed by atoms with Crippen LogP contribution in [0.25, 0.3) is 0 Å². The van der Waals surface area contributed by atoms with Crippen LogP contribution in [0.2, 0.25) is 0 Å². The Kier molecular flexibility index (Phi) is 15.2. The highest BCUT2D eigenvalue weighted by Gasteiger charge is 2.33. The fraction of sp³-hybridized carbons (Fsp3) is 0.524. The number of carbonyl (C=O) groups excluding carboxylic acids is 4. The van der Waals surface area contributed by atoms with Crippen LogP contribution in [-0.4, -0.2) is 107 Å². The molecule has 4 amide bonds. The zero-order valence-corrected chi connectivity index (χ0v) is 26.3. The molecule has 0 spiro atoms. The fourth-order valence-electron chi connectivity index (χ4n) is 2.92. The first-order chi connectivity index (χ1) is 17.3. The van der Waals surface area contributed by atoms with Gasteiger partial charge in [-0.1, -0.05) is 0 Å². The van der Waals surface area contributed by atoms with Crippen molar-refractivity contribution in [1.29, 1.82) is 0 Å². The van der Waals surface area contributed by atoms with Crippen LogP contribution >= 0.6 is 67.8 Å². The van der Waals surface area contributed by atoms with Gasteiger partial charge in [-0.3, -0.25) is 19.2 Å². The maximum absolute atomic E-state index is 13.3. The molecule has 0 heterocycles. The standard InChI is InChI=1S/C21H28I3N3O10/c1-9(31)27(10(2)32)19-17(23)14(20(35)25-3-11(33)5-28)16(22)15(18(19)24)21(36)26-4-13(7-30)37-8-12(34)6-29/h11-13,28-30,33-34H,3-8H2,1-2H3,(H,25,35)(H,26,36). The number of halogens is 3. The molecule has 1 aromatic rings. The quantitative estimate of drug-likeness (QED) is 0.120. The summed E-state index contributed by atoms with van der Waals surface area (Å²) < 4.78 is 5.88. The summed E-state index contributed by atoms with van der Waals surface area (Å²) in [6.07, 6.45) is -3.31. The number of ether oxygens (including phenoxy) is 1. The summed E-state index contributed by atoms with van der Waals surface area (Å²) in [4.78, 5) is 51.9. The van der Waals surface area contributed by atoms with E-state index in [4.69, 9.17) is 14.9 Å². The Bertz CT molecular complexity index is 997. The molecule has 0 aliphatic rings. The highest BCUT2D eigenvalue weighted by atomic mass is 127. The van der Waals surface area contributed by atoms with Crippen LogP contribution in [-0.2, 0) is 14.3 Å². The maximum atomic E-state index is 13.3. The molecule has 0 fully saturated rings. The van der Waals surface area contributed by atoms with Crippen molar-refractivity contribution in [3.63, 3.8) is 0 Å². The largest absolute Gasteiger partial charge is 0.394 e. The van der Waals surface area contributed by atoms with Crippen molar-refractivity contribution in [2.45, 2.75) is 32.2 Å². The van der Waals surface area contributed by atoms with Crippen LogP contribution < -0.4 is 15.5 Å². The molecule has 0 radical (unpaired) electrons. The van der Waals surface area contributed by atoms with Gasteiger partial charge < -0.3 is 40.9 Å². The normalized spacial score (nSPS) is 13.5. The van der Waals surface area contributed by atoms with E-state index in [2.05, 4.69) is 10.6 Å². The third-order valence-corrected chi connectivity index (χ3v) is 7.92. The Morgan fingerprint density at radius 1 is 0.784 bits per heavy atom. The lowest BCUT2D eigenvalue weighted by molar-refractivity contribution is -0.124. The maximum Gasteiger partial charge on any atom is 0.253 e. The molecule has 0 saturated heterocycles. The minimum Gasteiger partial charge on any atom is -0.394 e. The smallest absolute Gasteiger partial charge is 0.253 e. The Balaban J connectivity index is 3.55. The molecule has 3 unspecified atom stereocenters. The first-order valence-electron chi connectivity index (χ1n) is 10.7. The summed E-state index contributed by atoms with van der Waals surface area (Å²) in [6, 6.07) is 0. The summed E-state index contributed by atoms with van der Waals surface area (Å²) in [7, 11) is 0. The van der Waals surface area contributed by atoms with E-state index in [1.165, 1.54) is 0 Å². The van der Waals surface area contributed by atoms with Crippen molar-refractivity contribution >= 4 is 97.1 Å². The number of hydrogen-bond donors (Lipinski definition) is 7. The number of nitrogens with zero attached hydrogens (tertiary/aromatic N) is 1. The molecule has 16 heteroatoms. The van der Waals surface area contributed by atoms with Gasteiger partial charge in [-0.2, -0.15) is 0 Å². The molecular formula is C21H28I3N3O10. The molecule has 0 aliphatic heterocycles. The Labute approximate surface area is 253 Å². The molecule has 0 saturated carbocycles. The number of anilines is 1. The summed E-state index contributed by atoms with van der Waals surface area (Å²) in [6.45, 7) is -0.0954. The molecular weight excluding hydrogens is 835 g/mol. The van der Waals surface area contributed by atoms with E-state index in [1.807, 2.05) is 0 Å². The van der Waals surface area contributed by atoms with Crippen molar-refractivity contribution < 1.29 is 49.4 Å². The number of aliphatic hydroxyl groups is 5. The summed E-state index contributed by atoms with van der Waals surface area (Å²) in [5.41, 5.74) is -0.0230. The second-order valence-electron chi connectivity index (χ2n) is 7.64. The Morgan fingerprint density at radius 3 is 1.65 bits per heavy atom. The second-order valence-corrected chi connectivity index (χ2v) is 10.9. The van der Waals surface area contributed by atoms with Gasteiger partial charge in [0, 0.05) is 30.5 Å². The SMILES string of the molecule is CC(=O)N(C(C)=O)c1c(I)c(C(=O)NCC(O)CO)c(I)c(C(=O)NCC(CO)OCC(O)CO)c1I. The van der Waals surface area contributed by atoms with Gasteiger partial charge in [-0.05, 0) is 67.8 Å². The summed E-state index contributed by atoms with van der Waals surface area (Å²) >= 11 is 5.39. The van der Waals surface area contributed by atoms with Gasteiger partial charge in [0.05, 0.1) is 62.6 Å². The zero-order chi connectivity index (χ0) is 28.4. The number of imide groups is 1. The van der Waals surface area contributed by atoms with Crippen molar-refractivity contribution in [1.82, 2.24) is 10.6 Å². The van der Waals surface area contributed by atoms with E-state index in [0.29, 0.717) is 0 Å². The van der Waals surface area contributed by atoms with Crippen molar-refractivity contribution in [3.8, 4) is 0 Å². The van der Waals surface area contributed by atoms with Crippen LogP contribution in [0.4, 0.5) is 5.69 Å².